The van der Waals surface area contributed by atoms with Crippen molar-refractivity contribution in [3.63, 3.8) is 0 Å². The summed E-state index contributed by atoms with van der Waals surface area (Å²) in [4.78, 5) is 14.0. The Kier molecular flexibility index (Phi) is 7.48. The Balaban J connectivity index is 0.977. The Bertz CT molecular complexity index is 1310. The number of carboxylic acids is 1. The van der Waals surface area contributed by atoms with Gasteiger partial charge in [-0.25, -0.2) is 0 Å². The molecule has 2 N–H and O–H groups in total. The molecule has 0 aromatic heterocycles. The first kappa shape index (κ1) is 31.3. The van der Waals surface area contributed by atoms with Gasteiger partial charge >= 0.3 is 5.97 Å². The maximum atomic E-state index is 11.8. The highest BCUT2D eigenvalue weighted by atomic mass is 32.2. The van der Waals surface area contributed by atoms with Crippen molar-refractivity contribution >= 4 is 16.8 Å². The summed E-state index contributed by atoms with van der Waals surface area (Å²) in [7, 11) is -0.591. The minimum atomic E-state index is -0.599. The Hall–Kier alpha value is -0.980. The Labute approximate surface area is 275 Å². The van der Waals surface area contributed by atoms with E-state index in [1.807, 2.05) is 0 Å². The third-order valence-corrected chi connectivity index (χ3v) is 18.1. The molecule has 8 aliphatic rings. The number of carboxylic acid groups (broad SMARTS) is 1. The standard InChI is InChI=1S/C39H60N2O3S/c1-26-29(27-22-38(23-27)24-28(25-38)34(42)43)9-12-35(2)30(26)10-13-37(4)33(35)8-7-31-32-6-5-11-39(32,15-14-36(31,37)3)40-16-17-41-18-20-45(44)21-19-41/h9,22,26,28,30-33,40H,5-8,10-21,23-25H2,1-4H3,(H,42,43)/t26?,28?,30?,31?,32-,33?,35?,36-,37?,38?,39?/m1/s1. The summed E-state index contributed by atoms with van der Waals surface area (Å²) in [5, 5.41) is 13.6. The maximum Gasteiger partial charge on any atom is 0.306 e. The molecular formula is C39H60N2O3S. The van der Waals surface area contributed by atoms with Gasteiger partial charge in [-0.2, -0.15) is 0 Å². The van der Waals surface area contributed by atoms with E-state index in [0.29, 0.717) is 27.7 Å². The normalized spacial score (nSPS) is 51.1. The van der Waals surface area contributed by atoms with Crippen LogP contribution in [0.4, 0.5) is 0 Å². The first-order valence-electron chi connectivity index (χ1n) is 18.9. The van der Waals surface area contributed by atoms with Crippen LogP contribution in [0.15, 0.2) is 23.3 Å². The lowest BCUT2D eigenvalue weighted by molar-refractivity contribution is -0.212. The fourth-order valence-electron chi connectivity index (χ4n) is 14.2. The monoisotopic (exact) mass is 636 g/mol. The van der Waals surface area contributed by atoms with Crippen LogP contribution < -0.4 is 5.32 Å². The van der Waals surface area contributed by atoms with Gasteiger partial charge in [0.1, 0.15) is 0 Å². The summed E-state index contributed by atoms with van der Waals surface area (Å²) in [6.07, 6.45) is 21.8. The van der Waals surface area contributed by atoms with Gasteiger partial charge in [-0.15, -0.1) is 0 Å². The largest absolute Gasteiger partial charge is 0.481 e. The van der Waals surface area contributed by atoms with Gasteiger partial charge in [-0.3, -0.25) is 9.00 Å². The van der Waals surface area contributed by atoms with Crippen LogP contribution in [0, 0.1) is 57.2 Å². The van der Waals surface area contributed by atoms with E-state index in [0.717, 1.165) is 80.6 Å². The summed E-state index contributed by atoms with van der Waals surface area (Å²) in [5.41, 5.74) is 4.98. The lowest BCUT2D eigenvalue weighted by atomic mass is 9.34. The van der Waals surface area contributed by atoms with Gasteiger partial charge in [-0.1, -0.05) is 46.3 Å². The highest BCUT2D eigenvalue weighted by Gasteiger charge is 2.68. The molecule has 0 aromatic rings. The average molecular weight is 637 g/mol. The molecule has 0 amide bonds. The van der Waals surface area contributed by atoms with E-state index in [1.165, 1.54) is 64.2 Å². The Morgan fingerprint density at radius 2 is 1.73 bits per heavy atom. The molecule has 9 atom stereocenters. The Morgan fingerprint density at radius 3 is 2.47 bits per heavy atom. The van der Waals surface area contributed by atoms with Crippen LogP contribution >= 0.6 is 0 Å². The maximum absolute atomic E-state index is 11.8. The molecule has 8 rings (SSSR count). The molecule has 1 heterocycles. The van der Waals surface area contributed by atoms with Gasteiger partial charge in [0.15, 0.2) is 0 Å². The molecule has 1 saturated heterocycles. The molecule has 0 bridgehead atoms. The molecule has 1 aliphatic heterocycles. The summed E-state index contributed by atoms with van der Waals surface area (Å²) in [6, 6.07) is 0. The summed E-state index contributed by atoms with van der Waals surface area (Å²) in [5.74, 6) is 4.87. The van der Waals surface area contributed by atoms with Gasteiger partial charge in [0.05, 0.1) is 5.92 Å². The van der Waals surface area contributed by atoms with Crippen molar-refractivity contribution in [2.45, 2.75) is 117 Å². The molecule has 5 saturated carbocycles. The SMILES string of the molecule is CC1C(C2=CC3(C2)CC(C(=O)O)C3)=CCC2(C)C1CCC1(C)C2CCC2[C@H]3CCCC3(NCCN3CCS(=O)CC3)CC[C@]21C. The van der Waals surface area contributed by atoms with Gasteiger partial charge in [0.2, 0.25) is 0 Å². The molecule has 0 radical (unpaired) electrons. The van der Waals surface area contributed by atoms with Crippen LogP contribution in [0.1, 0.15) is 111 Å². The second kappa shape index (κ2) is 10.8. The molecule has 5 nitrogen and oxygen atoms in total. The van der Waals surface area contributed by atoms with E-state index in [9.17, 15) is 14.1 Å². The highest BCUT2D eigenvalue weighted by Crippen LogP contribution is 2.75. The zero-order chi connectivity index (χ0) is 31.4. The van der Waals surface area contributed by atoms with Crippen LogP contribution in [0.5, 0.6) is 0 Å². The van der Waals surface area contributed by atoms with Crippen molar-refractivity contribution < 1.29 is 14.1 Å². The number of rotatable bonds is 6. The fraction of sp³-hybridized carbons (Fsp3) is 0.872. The number of aliphatic carboxylic acids is 1. The van der Waals surface area contributed by atoms with E-state index in [1.54, 1.807) is 11.1 Å². The highest BCUT2D eigenvalue weighted by molar-refractivity contribution is 7.85. The molecular weight excluding hydrogens is 577 g/mol. The molecule has 1 spiro atoms. The zero-order valence-electron chi connectivity index (χ0n) is 28.7. The third-order valence-electron chi connectivity index (χ3n) is 16.8. The van der Waals surface area contributed by atoms with Gasteiger partial charge in [0, 0.05) is 54.0 Å². The third kappa shape index (κ3) is 4.56. The average Bonchev–Trinajstić information content (AvgIpc) is 3.38. The zero-order valence-corrected chi connectivity index (χ0v) is 29.5. The molecule has 7 aliphatic carbocycles. The summed E-state index contributed by atoms with van der Waals surface area (Å²) < 4.78 is 11.8. The Morgan fingerprint density at radius 1 is 0.978 bits per heavy atom. The van der Waals surface area contributed by atoms with Crippen molar-refractivity contribution in [2.24, 2.45) is 57.2 Å². The molecule has 6 fully saturated rings. The van der Waals surface area contributed by atoms with Crippen molar-refractivity contribution in [1.29, 1.82) is 0 Å². The quantitative estimate of drug-likeness (QED) is 0.323. The lowest BCUT2D eigenvalue weighted by Gasteiger charge is -2.71. The number of hydrogen-bond acceptors (Lipinski definition) is 4. The smallest absolute Gasteiger partial charge is 0.306 e. The van der Waals surface area contributed by atoms with Crippen molar-refractivity contribution in [3.8, 4) is 0 Å². The predicted octanol–water partition coefficient (Wildman–Crippen LogP) is 7.21. The van der Waals surface area contributed by atoms with Crippen molar-refractivity contribution in [1.82, 2.24) is 10.2 Å². The van der Waals surface area contributed by atoms with E-state index in [-0.39, 0.29) is 11.3 Å². The fourth-order valence-corrected chi connectivity index (χ4v) is 15.3. The van der Waals surface area contributed by atoms with E-state index in [4.69, 9.17) is 0 Å². The molecule has 45 heavy (non-hydrogen) atoms. The van der Waals surface area contributed by atoms with Gasteiger partial charge in [-0.05, 0) is 139 Å². The topological polar surface area (TPSA) is 69.6 Å². The van der Waals surface area contributed by atoms with Gasteiger partial charge in [0.25, 0.3) is 0 Å². The number of carbonyl (C=O) groups is 1. The second-order valence-corrected chi connectivity index (χ2v) is 20.0. The summed E-state index contributed by atoms with van der Waals surface area (Å²) in [6.45, 7) is 15.0. The first-order chi connectivity index (χ1) is 21.4. The van der Waals surface area contributed by atoms with Crippen molar-refractivity contribution in [2.75, 3.05) is 37.7 Å². The van der Waals surface area contributed by atoms with Crippen LogP contribution in [0.2, 0.25) is 0 Å². The van der Waals surface area contributed by atoms with Crippen LogP contribution in [0.25, 0.3) is 0 Å². The van der Waals surface area contributed by atoms with E-state index < -0.39 is 16.8 Å². The molecule has 0 aromatic carbocycles. The van der Waals surface area contributed by atoms with Crippen LogP contribution in [-0.2, 0) is 15.6 Å². The minimum Gasteiger partial charge on any atom is -0.481 e. The summed E-state index contributed by atoms with van der Waals surface area (Å²) >= 11 is 0. The number of hydrogen-bond donors (Lipinski definition) is 2. The van der Waals surface area contributed by atoms with E-state index in [2.05, 4.69) is 50.1 Å². The van der Waals surface area contributed by atoms with E-state index >= 15 is 0 Å². The molecule has 7 unspecified atom stereocenters. The van der Waals surface area contributed by atoms with Crippen LogP contribution in [-0.4, -0.2) is 63.4 Å². The number of allylic oxidation sites excluding steroid dienone is 4. The number of nitrogens with one attached hydrogen (secondary N) is 1. The van der Waals surface area contributed by atoms with Gasteiger partial charge < -0.3 is 15.3 Å². The second-order valence-electron chi connectivity index (χ2n) is 18.3. The van der Waals surface area contributed by atoms with Crippen molar-refractivity contribution in [3.05, 3.63) is 23.3 Å². The first-order valence-corrected chi connectivity index (χ1v) is 20.4. The lowest BCUT2D eigenvalue weighted by Crippen LogP contribution is -2.67. The predicted molar refractivity (Wildman–Crippen MR) is 182 cm³/mol. The molecule has 250 valence electrons. The molecule has 6 heteroatoms. The number of fused-ring (bicyclic) bond motifs is 7. The van der Waals surface area contributed by atoms with Crippen LogP contribution in [0.3, 0.4) is 0 Å². The minimum absolute atomic E-state index is 0.116. The number of nitrogens with zero attached hydrogens (tertiary/aromatic N) is 1.